The number of ether oxygens (including phenoxy) is 1. The summed E-state index contributed by atoms with van der Waals surface area (Å²) in [6, 6.07) is 15.5. The van der Waals surface area contributed by atoms with Crippen LogP contribution in [-0.2, 0) is 4.79 Å². The van der Waals surface area contributed by atoms with Gasteiger partial charge in [0.05, 0.1) is 18.0 Å². The van der Waals surface area contributed by atoms with Gasteiger partial charge in [0.2, 0.25) is 5.91 Å². The van der Waals surface area contributed by atoms with Crippen LogP contribution >= 0.6 is 11.8 Å². The van der Waals surface area contributed by atoms with Crippen molar-refractivity contribution in [3.63, 3.8) is 0 Å². The summed E-state index contributed by atoms with van der Waals surface area (Å²) in [4.78, 5) is 13.2. The third-order valence-electron chi connectivity index (χ3n) is 2.91. The molecule has 0 aromatic heterocycles. The molecule has 3 nitrogen and oxygen atoms in total. The maximum Gasteiger partial charge on any atom is 0.234 e. The summed E-state index contributed by atoms with van der Waals surface area (Å²) in [6.07, 6.45) is 0. The average molecular weight is 301 g/mol. The number of amides is 1. The van der Waals surface area contributed by atoms with Gasteiger partial charge in [-0.1, -0.05) is 30.3 Å². The predicted molar refractivity (Wildman–Crippen MR) is 88.1 cm³/mol. The van der Waals surface area contributed by atoms with E-state index in [1.54, 1.807) is 11.8 Å². The number of benzene rings is 2. The number of hydrogen-bond acceptors (Lipinski definition) is 3. The van der Waals surface area contributed by atoms with Crippen molar-refractivity contribution in [1.82, 2.24) is 0 Å². The first-order valence-corrected chi connectivity index (χ1v) is 7.89. The SMILES string of the molecule is CCOc1ccccc1NC(=O)CSc1ccccc1C. The zero-order valence-corrected chi connectivity index (χ0v) is 13.1. The van der Waals surface area contributed by atoms with E-state index in [-0.39, 0.29) is 5.91 Å². The van der Waals surface area contributed by atoms with Gasteiger partial charge in [-0.2, -0.15) is 0 Å². The van der Waals surface area contributed by atoms with Crippen molar-refractivity contribution < 1.29 is 9.53 Å². The first-order valence-electron chi connectivity index (χ1n) is 6.91. The minimum Gasteiger partial charge on any atom is -0.492 e. The van der Waals surface area contributed by atoms with Crippen molar-refractivity contribution in [2.75, 3.05) is 17.7 Å². The molecule has 0 aliphatic rings. The van der Waals surface area contributed by atoms with Crippen molar-refractivity contribution in [3.05, 3.63) is 54.1 Å². The Balaban J connectivity index is 1.95. The molecule has 21 heavy (non-hydrogen) atoms. The lowest BCUT2D eigenvalue weighted by atomic mass is 10.2. The van der Waals surface area contributed by atoms with Gasteiger partial charge in [0.25, 0.3) is 0 Å². The van der Waals surface area contributed by atoms with Gasteiger partial charge >= 0.3 is 0 Å². The zero-order chi connectivity index (χ0) is 15.1. The standard InChI is InChI=1S/C17H19NO2S/c1-3-20-15-10-6-5-9-14(15)18-17(19)12-21-16-11-7-4-8-13(16)2/h4-11H,3,12H2,1-2H3,(H,18,19). The summed E-state index contributed by atoms with van der Waals surface area (Å²) in [5, 5.41) is 2.90. The van der Waals surface area contributed by atoms with Gasteiger partial charge < -0.3 is 10.1 Å². The predicted octanol–water partition coefficient (Wildman–Crippen LogP) is 4.12. The van der Waals surface area contributed by atoms with E-state index >= 15 is 0 Å². The van der Waals surface area contributed by atoms with Gasteiger partial charge in [-0.15, -0.1) is 11.8 Å². The van der Waals surface area contributed by atoms with Gasteiger partial charge in [0.1, 0.15) is 5.75 Å². The molecule has 0 heterocycles. The van der Waals surface area contributed by atoms with Crippen LogP contribution in [0.25, 0.3) is 0 Å². The molecule has 0 aliphatic heterocycles. The van der Waals surface area contributed by atoms with Crippen molar-refractivity contribution in [2.45, 2.75) is 18.7 Å². The Morgan fingerprint density at radius 1 is 1.14 bits per heavy atom. The number of anilines is 1. The summed E-state index contributed by atoms with van der Waals surface area (Å²) < 4.78 is 5.50. The minimum atomic E-state index is -0.0320. The molecule has 0 atom stereocenters. The fourth-order valence-corrected chi connectivity index (χ4v) is 2.73. The largest absolute Gasteiger partial charge is 0.492 e. The van der Waals surface area contributed by atoms with Gasteiger partial charge in [-0.05, 0) is 37.6 Å². The molecule has 2 rings (SSSR count). The first kappa shape index (κ1) is 15.4. The van der Waals surface area contributed by atoms with Crippen LogP contribution in [0, 0.1) is 6.92 Å². The van der Waals surface area contributed by atoms with E-state index in [2.05, 4.69) is 5.32 Å². The van der Waals surface area contributed by atoms with Gasteiger partial charge in [-0.25, -0.2) is 0 Å². The molecule has 4 heteroatoms. The molecule has 0 fully saturated rings. The van der Waals surface area contributed by atoms with Gasteiger partial charge in [-0.3, -0.25) is 4.79 Å². The molecule has 0 bridgehead atoms. The quantitative estimate of drug-likeness (QED) is 0.815. The smallest absolute Gasteiger partial charge is 0.234 e. The Morgan fingerprint density at radius 3 is 2.62 bits per heavy atom. The minimum absolute atomic E-state index is 0.0320. The lowest BCUT2D eigenvalue weighted by Crippen LogP contribution is -2.15. The van der Waals surface area contributed by atoms with Crippen molar-refractivity contribution in [2.24, 2.45) is 0 Å². The van der Waals surface area contributed by atoms with Gasteiger partial charge in [0, 0.05) is 4.90 Å². The summed E-state index contributed by atoms with van der Waals surface area (Å²) in [5.41, 5.74) is 1.90. The number of carbonyl (C=O) groups is 1. The Morgan fingerprint density at radius 2 is 1.86 bits per heavy atom. The van der Waals surface area contributed by atoms with E-state index in [0.717, 1.165) is 10.6 Å². The fourth-order valence-electron chi connectivity index (χ4n) is 1.90. The maximum absolute atomic E-state index is 12.1. The lowest BCUT2D eigenvalue weighted by molar-refractivity contribution is -0.113. The molecule has 0 saturated heterocycles. The number of nitrogens with one attached hydrogen (secondary N) is 1. The molecule has 1 amide bonds. The van der Waals surface area contributed by atoms with E-state index < -0.39 is 0 Å². The Bertz CT molecular complexity index is 613. The third kappa shape index (κ3) is 4.53. The average Bonchev–Trinajstić information content (AvgIpc) is 2.49. The summed E-state index contributed by atoms with van der Waals surface area (Å²) >= 11 is 1.54. The van der Waals surface area contributed by atoms with Gasteiger partial charge in [0.15, 0.2) is 0 Å². The van der Waals surface area contributed by atoms with E-state index in [4.69, 9.17) is 4.74 Å². The highest BCUT2D eigenvalue weighted by Gasteiger charge is 2.08. The lowest BCUT2D eigenvalue weighted by Gasteiger charge is -2.11. The molecule has 0 saturated carbocycles. The fraction of sp³-hybridized carbons (Fsp3) is 0.235. The maximum atomic E-state index is 12.1. The van der Waals surface area contributed by atoms with Crippen LogP contribution in [0.1, 0.15) is 12.5 Å². The number of para-hydroxylation sites is 2. The zero-order valence-electron chi connectivity index (χ0n) is 12.3. The third-order valence-corrected chi connectivity index (χ3v) is 4.09. The van der Waals surface area contributed by atoms with Crippen LogP contribution < -0.4 is 10.1 Å². The van der Waals surface area contributed by atoms with Crippen LogP contribution in [0.15, 0.2) is 53.4 Å². The second-order valence-corrected chi connectivity index (χ2v) is 5.55. The molecule has 0 spiro atoms. The van der Waals surface area contributed by atoms with E-state index in [1.165, 1.54) is 5.56 Å². The second kappa shape index (κ2) is 7.74. The molecular formula is C17H19NO2S. The number of carbonyl (C=O) groups excluding carboxylic acids is 1. The Kier molecular flexibility index (Phi) is 5.69. The summed E-state index contributed by atoms with van der Waals surface area (Å²) in [5.74, 6) is 1.05. The van der Waals surface area contributed by atoms with Crippen LogP contribution in [0.2, 0.25) is 0 Å². The van der Waals surface area contributed by atoms with E-state index in [1.807, 2.05) is 62.4 Å². The highest BCUT2D eigenvalue weighted by atomic mass is 32.2. The topological polar surface area (TPSA) is 38.3 Å². The number of hydrogen-bond donors (Lipinski definition) is 1. The Hall–Kier alpha value is -1.94. The monoisotopic (exact) mass is 301 g/mol. The van der Waals surface area contributed by atoms with Crippen molar-refractivity contribution in [1.29, 1.82) is 0 Å². The Labute approximate surface area is 129 Å². The summed E-state index contributed by atoms with van der Waals surface area (Å²) in [6.45, 7) is 4.54. The molecule has 110 valence electrons. The second-order valence-electron chi connectivity index (χ2n) is 4.53. The molecule has 2 aromatic carbocycles. The van der Waals surface area contributed by atoms with Crippen molar-refractivity contribution in [3.8, 4) is 5.75 Å². The van der Waals surface area contributed by atoms with Crippen LogP contribution in [0.3, 0.4) is 0 Å². The highest BCUT2D eigenvalue weighted by molar-refractivity contribution is 8.00. The van der Waals surface area contributed by atoms with Crippen LogP contribution in [0.5, 0.6) is 5.75 Å². The molecular weight excluding hydrogens is 282 g/mol. The van der Waals surface area contributed by atoms with Crippen molar-refractivity contribution >= 4 is 23.4 Å². The van der Waals surface area contributed by atoms with E-state index in [0.29, 0.717) is 18.1 Å². The molecule has 0 unspecified atom stereocenters. The van der Waals surface area contributed by atoms with Crippen LogP contribution in [0.4, 0.5) is 5.69 Å². The molecule has 0 aliphatic carbocycles. The molecule has 0 radical (unpaired) electrons. The molecule has 2 aromatic rings. The number of rotatable bonds is 6. The van der Waals surface area contributed by atoms with Crippen LogP contribution in [-0.4, -0.2) is 18.3 Å². The normalized spacial score (nSPS) is 10.2. The number of aryl methyl sites for hydroxylation is 1. The summed E-state index contributed by atoms with van der Waals surface area (Å²) in [7, 11) is 0. The molecule has 1 N–H and O–H groups in total. The first-order chi connectivity index (χ1) is 10.2. The van der Waals surface area contributed by atoms with E-state index in [9.17, 15) is 4.79 Å². The highest BCUT2D eigenvalue weighted by Crippen LogP contribution is 2.25. The number of thioether (sulfide) groups is 1.